The van der Waals surface area contributed by atoms with Gasteiger partial charge in [-0.05, 0) is 55.3 Å². The predicted molar refractivity (Wildman–Crippen MR) is 99.6 cm³/mol. The van der Waals surface area contributed by atoms with Crippen molar-refractivity contribution in [1.82, 2.24) is 4.90 Å². The van der Waals surface area contributed by atoms with Gasteiger partial charge in [0.15, 0.2) is 0 Å². The third kappa shape index (κ3) is 4.37. The fourth-order valence-electron chi connectivity index (χ4n) is 3.10. The summed E-state index contributed by atoms with van der Waals surface area (Å²) in [4.78, 5) is 16.7. The van der Waals surface area contributed by atoms with Crippen LogP contribution in [0.15, 0.2) is 42.5 Å². The van der Waals surface area contributed by atoms with Gasteiger partial charge in [-0.3, -0.25) is 9.69 Å². The second-order valence-corrected chi connectivity index (χ2v) is 6.54. The maximum Gasteiger partial charge on any atom is 0.238 e. The summed E-state index contributed by atoms with van der Waals surface area (Å²) >= 11 is 0. The van der Waals surface area contributed by atoms with Crippen LogP contribution in [-0.2, 0) is 4.79 Å². The van der Waals surface area contributed by atoms with E-state index >= 15 is 0 Å². The molecule has 2 aromatic carbocycles. The minimum atomic E-state index is -0.217. The number of nitrogens with zero attached hydrogens (tertiary/aromatic N) is 2. The van der Waals surface area contributed by atoms with Crippen LogP contribution in [0.3, 0.4) is 0 Å². The third-order valence-corrected chi connectivity index (χ3v) is 4.81. The van der Waals surface area contributed by atoms with Gasteiger partial charge in [-0.1, -0.05) is 12.1 Å². The Bertz CT molecular complexity index is 737. The molecule has 0 aromatic heterocycles. The topological polar surface area (TPSA) is 35.6 Å². The summed E-state index contributed by atoms with van der Waals surface area (Å²) in [5.74, 6) is -0.200. The highest BCUT2D eigenvalue weighted by atomic mass is 19.1. The molecular weight excluding hydrogens is 317 g/mol. The van der Waals surface area contributed by atoms with E-state index in [0.717, 1.165) is 43.1 Å². The molecule has 0 radical (unpaired) electrons. The minimum absolute atomic E-state index is 0.0175. The summed E-state index contributed by atoms with van der Waals surface area (Å²) in [7, 11) is 0. The molecule has 5 heteroatoms. The number of halogens is 1. The van der Waals surface area contributed by atoms with E-state index in [2.05, 4.69) is 15.1 Å². The van der Waals surface area contributed by atoms with Gasteiger partial charge in [-0.2, -0.15) is 0 Å². The number of amides is 1. The average Bonchev–Trinajstić information content (AvgIpc) is 2.60. The van der Waals surface area contributed by atoms with Crippen molar-refractivity contribution in [2.45, 2.75) is 13.8 Å². The SMILES string of the molecule is Cc1cccc(NC(=O)CN2CCN(c3ccc(F)cc3)CC2)c1C. The van der Waals surface area contributed by atoms with E-state index in [0.29, 0.717) is 6.54 Å². The second-order valence-electron chi connectivity index (χ2n) is 6.54. The molecule has 0 aliphatic carbocycles. The highest BCUT2D eigenvalue weighted by Crippen LogP contribution is 2.19. The van der Waals surface area contributed by atoms with Crippen LogP contribution >= 0.6 is 0 Å². The molecule has 1 heterocycles. The van der Waals surface area contributed by atoms with Crippen molar-refractivity contribution in [3.05, 3.63) is 59.4 Å². The highest BCUT2D eigenvalue weighted by molar-refractivity contribution is 5.93. The summed E-state index contributed by atoms with van der Waals surface area (Å²) in [6.45, 7) is 7.76. The molecule has 1 amide bonds. The number of anilines is 2. The Hall–Kier alpha value is -2.40. The first-order valence-corrected chi connectivity index (χ1v) is 8.62. The van der Waals surface area contributed by atoms with E-state index in [4.69, 9.17) is 0 Å². The molecule has 25 heavy (non-hydrogen) atoms. The van der Waals surface area contributed by atoms with E-state index < -0.39 is 0 Å². The molecular formula is C20H24FN3O. The van der Waals surface area contributed by atoms with Crippen molar-refractivity contribution in [2.75, 3.05) is 42.9 Å². The van der Waals surface area contributed by atoms with Crippen molar-refractivity contribution in [3.8, 4) is 0 Å². The molecule has 132 valence electrons. The third-order valence-electron chi connectivity index (χ3n) is 4.81. The van der Waals surface area contributed by atoms with Gasteiger partial charge < -0.3 is 10.2 Å². The monoisotopic (exact) mass is 341 g/mol. The Morgan fingerprint density at radius 2 is 1.72 bits per heavy atom. The smallest absolute Gasteiger partial charge is 0.238 e. The predicted octanol–water partition coefficient (Wildman–Crippen LogP) is 3.20. The van der Waals surface area contributed by atoms with Gasteiger partial charge in [0.25, 0.3) is 0 Å². The van der Waals surface area contributed by atoms with Crippen LogP contribution in [0.25, 0.3) is 0 Å². The fraction of sp³-hybridized carbons (Fsp3) is 0.350. The first-order valence-electron chi connectivity index (χ1n) is 8.62. The molecule has 0 saturated carbocycles. The lowest BCUT2D eigenvalue weighted by Gasteiger charge is -2.35. The Morgan fingerprint density at radius 3 is 2.40 bits per heavy atom. The molecule has 3 rings (SSSR count). The average molecular weight is 341 g/mol. The van der Waals surface area contributed by atoms with Gasteiger partial charge in [-0.25, -0.2) is 4.39 Å². The van der Waals surface area contributed by atoms with Gasteiger partial charge in [0.2, 0.25) is 5.91 Å². The number of hydrogen-bond acceptors (Lipinski definition) is 3. The Kier molecular flexibility index (Phi) is 5.34. The molecule has 4 nitrogen and oxygen atoms in total. The maximum absolute atomic E-state index is 13.0. The number of benzene rings is 2. The van der Waals surface area contributed by atoms with Crippen molar-refractivity contribution in [3.63, 3.8) is 0 Å². The van der Waals surface area contributed by atoms with Crippen molar-refractivity contribution < 1.29 is 9.18 Å². The molecule has 0 unspecified atom stereocenters. The minimum Gasteiger partial charge on any atom is -0.369 e. The van der Waals surface area contributed by atoms with Gasteiger partial charge in [0, 0.05) is 37.6 Å². The van der Waals surface area contributed by atoms with Crippen LogP contribution in [0.1, 0.15) is 11.1 Å². The van der Waals surface area contributed by atoms with Crippen LogP contribution in [0.5, 0.6) is 0 Å². The molecule has 1 aliphatic rings. The molecule has 1 fully saturated rings. The van der Waals surface area contributed by atoms with E-state index in [1.807, 2.05) is 32.0 Å². The van der Waals surface area contributed by atoms with Crippen LogP contribution in [0, 0.1) is 19.7 Å². The lowest BCUT2D eigenvalue weighted by Crippen LogP contribution is -2.48. The van der Waals surface area contributed by atoms with Crippen LogP contribution in [0.2, 0.25) is 0 Å². The molecule has 0 spiro atoms. The van der Waals surface area contributed by atoms with E-state index in [-0.39, 0.29) is 11.7 Å². The van der Waals surface area contributed by atoms with Crippen molar-refractivity contribution >= 4 is 17.3 Å². The van der Waals surface area contributed by atoms with Crippen LogP contribution in [-0.4, -0.2) is 43.5 Å². The molecule has 1 N–H and O–H groups in total. The lowest BCUT2D eigenvalue weighted by molar-refractivity contribution is -0.117. The Morgan fingerprint density at radius 1 is 1.04 bits per heavy atom. The summed E-state index contributed by atoms with van der Waals surface area (Å²) in [5.41, 5.74) is 4.19. The number of piperazine rings is 1. The molecule has 0 bridgehead atoms. The fourth-order valence-corrected chi connectivity index (χ4v) is 3.10. The van der Waals surface area contributed by atoms with Crippen molar-refractivity contribution in [2.24, 2.45) is 0 Å². The van der Waals surface area contributed by atoms with Gasteiger partial charge >= 0.3 is 0 Å². The van der Waals surface area contributed by atoms with Gasteiger partial charge in [-0.15, -0.1) is 0 Å². The Balaban J connectivity index is 1.51. The first-order chi connectivity index (χ1) is 12.0. The number of aryl methyl sites for hydroxylation is 1. The first kappa shape index (κ1) is 17.4. The molecule has 1 saturated heterocycles. The summed E-state index contributed by atoms with van der Waals surface area (Å²) in [6, 6.07) is 12.5. The van der Waals surface area contributed by atoms with Gasteiger partial charge in [0.05, 0.1) is 6.54 Å². The zero-order valence-electron chi connectivity index (χ0n) is 14.8. The van der Waals surface area contributed by atoms with Gasteiger partial charge in [0.1, 0.15) is 5.82 Å². The number of nitrogens with one attached hydrogen (secondary N) is 1. The second kappa shape index (κ2) is 7.66. The quantitative estimate of drug-likeness (QED) is 0.928. The van der Waals surface area contributed by atoms with E-state index in [1.165, 1.54) is 17.7 Å². The van der Waals surface area contributed by atoms with Crippen LogP contribution in [0.4, 0.5) is 15.8 Å². The molecule has 1 aliphatic heterocycles. The Labute approximate surface area is 148 Å². The zero-order valence-corrected chi connectivity index (χ0v) is 14.8. The highest BCUT2D eigenvalue weighted by Gasteiger charge is 2.19. The normalized spacial score (nSPS) is 15.2. The number of rotatable bonds is 4. The summed E-state index contributed by atoms with van der Waals surface area (Å²) in [6.07, 6.45) is 0. The molecule has 2 aromatic rings. The standard InChI is InChI=1S/C20H24FN3O/c1-15-4-3-5-19(16(15)2)22-20(25)14-23-10-12-24(13-11-23)18-8-6-17(21)7-9-18/h3-9H,10-14H2,1-2H3,(H,22,25). The largest absolute Gasteiger partial charge is 0.369 e. The lowest BCUT2D eigenvalue weighted by atomic mass is 10.1. The molecule has 0 atom stereocenters. The number of carbonyl (C=O) groups excluding carboxylic acids is 1. The summed E-state index contributed by atoms with van der Waals surface area (Å²) in [5, 5.41) is 3.01. The number of carbonyl (C=O) groups is 1. The maximum atomic E-state index is 13.0. The zero-order chi connectivity index (χ0) is 17.8. The van der Waals surface area contributed by atoms with Crippen molar-refractivity contribution in [1.29, 1.82) is 0 Å². The van der Waals surface area contributed by atoms with E-state index in [1.54, 1.807) is 12.1 Å². The number of hydrogen-bond donors (Lipinski definition) is 1. The summed E-state index contributed by atoms with van der Waals surface area (Å²) < 4.78 is 13.0. The van der Waals surface area contributed by atoms with E-state index in [9.17, 15) is 9.18 Å². The van der Waals surface area contributed by atoms with Crippen LogP contribution < -0.4 is 10.2 Å².